The molecule has 3 aromatic heterocycles. The Labute approximate surface area is 372 Å². The molecule has 17 heteroatoms. The lowest BCUT2D eigenvalue weighted by atomic mass is 9.59. The number of pyridine rings is 2. The highest BCUT2D eigenvalue weighted by Gasteiger charge is 2.50. The smallest absolute Gasteiger partial charge is 0.312 e. The summed E-state index contributed by atoms with van der Waals surface area (Å²) in [6.45, 7) is 8.17. The van der Waals surface area contributed by atoms with Crippen LogP contribution in [0, 0.1) is 32.3 Å². The van der Waals surface area contributed by atoms with Crippen molar-refractivity contribution in [3.63, 3.8) is 0 Å². The second-order valence-electron chi connectivity index (χ2n) is 18.2. The van der Waals surface area contributed by atoms with Gasteiger partial charge in [0, 0.05) is 74.3 Å². The Hall–Kier alpha value is -6.09. The number of hydrogen-bond donors (Lipinski definition) is 3. The molecule has 64 heavy (non-hydrogen) atoms. The van der Waals surface area contributed by atoms with Crippen molar-refractivity contribution < 1.29 is 27.6 Å². The summed E-state index contributed by atoms with van der Waals surface area (Å²) in [7, 11) is -4.67. The monoisotopic (exact) mass is 887 g/mol. The lowest BCUT2D eigenvalue weighted by Crippen LogP contribution is -2.54. The molecule has 16 nitrogen and oxygen atoms in total. The van der Waals surface area contributed by atoms with E-state index in [9.17, 15) is 28.6 Å². The van der Waals surface area contributed by atoms with Crippen molar-refractivity contribution in [3.8, 4) is 17.6 Å². The normalized spacial score (nSPS) is 19.9. The fourth-order valence-electron chi connectivity index (χ4n) is 10.2. The first-order chi connectivity index (χ1) is 30.8. The molecule has 0 unspecified atom stereocenters. The number of likely N-dealkylation sites (tertiary alicyclic amines) is 1. The lowest BCUT2D eigenvalue weighted by molar-refractivity contribution is -0.384. The van der Waals surface area contributed by atoms with Crippen LogP contribution in [-0.4, -0.2) is 84.5 Å². The molecule has 0 bridgehead atoms. The molecular weight excluding hydrogens is 835 g/mol. The van der Waals surface area contributed by atoms with E-state index in [2.05, 4.69) is 79.0 Å². The molecular formula is C47H53N9O7S. The number of nitriles is 1. The number of nitro groups is 1. The minimum atomic E-state index is -4.67. The van der Waals surface area contributed by atoms with Gasteiger partial charge in [-0.1, -0.05) is 38.1 Å². The summed E-state index contributed by atoms with van der Waals surface area (Å²) in [5.41, 5.74) is 3.23. The number of nitrogens with one attached hydrogen (secondary N) is 3. The fourth-order valence-corrected chi connectivity index (χ4v) is 11.2. The zero-order valence-corrected chi connectivity index (χ0v) is 36.9. The molecule has 9 rings (SSSR count). The van der Waals surface area contributed by atoms with Gasteiger partial charge in [-0.15, -0.1) is 0 Å². The molecule has 4 fully saturated rings. The van der Waals surface area contributed by atoms with Crippen molar-refractivity contribution >= 4 is 44.2 Å². The van der Waals surface area contributed by atoms with Crippen LogP contribution in [0.5, 0.6) is 11.5 Å². The van der Waals surface area contributed by atoms with Gasteiger partial charge in [-0.05, 0) is 105 Å². The minimum absolute atomic E-state index is 0.0568. The molecule has 1 spiro atoms. The van der Waals surface area contributed by atoms with Gasteiger partial charge < -0.3 is 24.7 Å². The number of carbonyl (C=O) groups is 1. The second kappa shape index (κ2) is 17.5. The van der Waals surface area contributed by atoms with Crippen molar-refractivity contribution in [1.29, 1.82) is 5.26 Å². The van der Waals surface area contributed by atoms with Crippen LogP contribution < -0.4 is 19.7 Å². The number of H-pyrrole nitrogens is 1. The van der Waals surface area contributed by atoms with Gasteiger partial charge in [0.05, 0.1) is 34.4 Å². The van der Waals surface area contributed by atoms with Crippen molar-refractivity contribution in [1.82, 2.24) is 24.6 Å². The average molecular weight is 888 g/mol. The van der Waals surface area contributed by atoms with E-state index in [0.29, 0.717) is 60.9 Å². The van der Waals surface area contributed by atoms with Gasteiger partial charge in [0.25, 0.3) is 15.9 Å². The molecule has 1 saturated carbocycles. The SMILES string of the molecule is CC(C)c1ccccc1[C@H]1CCCN1C1CC2(CCN(c3ccc(C(=O)NS(=O)(=O)c4cnc(NCC5(C#N)CCOCC5)c([N+](=O)[O-])c4)c(Oc4cnc5[nH]ccc5c4)c3)CC2)C1. The molecule has 4 aliphatic rings. The van der Waals surface area contributed by atoms with Crippen LogP contribution in [0.4, 0.5) is 17.2 Å². The summed E-state index contributed by atoms with van der Waals surface area (Å²) >= 11 is 0. The Morgan fingerprint density at radius 3 is 2.58 bits per heavy atom. The molecule has 3 saturated heterocycles. The number of aromatic amines is 1. The predicted octanol–water partition coefficient (Wildman–Crippen LogP) is 8.22. The zero-order chi connectivity index (χ0) is 44.6. The minimum Gasteiger partial charge on any atom is -0.455 e. The van der Waals surface area contributed by atoms with E-state index in [4.69, 9.17) is 9.47 Å². The van der Waals surface area contributed by atoms with Crippen LogP contribution in [0.1, 0.15) is 98.7 Å². The van der Waals surface area contributed by atoms with Gasteiger partial charge in [-0.25, -0.2) is 23.1 Å². The number of amides is 1. The van der Waals surface area contributed by atoms with Gasteiger partial charge in [0.15, 0.2) is 0 Å². The maximum atomic E-state index is 14.0. The summed E-state index contributed by atoms with van der Waals surface area (Å²) in [5, 5.41) is 25.6. The molecule has 334 valence electrons. The van der Waals surface area contributed by atoms with Crippen LogP contribution in [0.2, 0.25) is 0 Å². The number of ether oxygens (including phenoxy) is 2. The molecule has 3 aliphatic heterocycles. The summed E-state index contributed by atoms with van der Waals surface area (Å²) in [6.07, 6.45) is 12.0. The Morgan fingerprint density at radius 1 is 1.05 bits per heavy atom. The van der Waals surface area contributed by atoms with E-state index in [1.54, 1.807) is 30.5 Å². The standard InChI is InChI=1S/C47H53N9O7S/c1-31(2)37-6-3-4-7-38(37)40-8-5-17-55(40)34-25-46(26-34)12-18-54(19-13-46)33-9-10-39(42(23-33)63-35-22-32-11-16-49-43(32)50-27-35)45(57)53-64(60,61)36-24-41(56(58)59)44(51-28-36)52-30-47(29-48)14-20-62-21-15-47/h3-4,6-7,9-11,16,22-24,27-28,31,34,40H,5,8,12-15,17-21,25-26,30H2,1-2H3,(H,49,50)(H,51,52)(H,53,57)/t40-/m1/s1. The van der Waals surface area contributed by atoms with E-state index in [1.165, 1.54) is 43.0 Å². The van der Waals surface area contributed by atoms with E-state index < -0.39 is 36.9 Å². The second-order valence-corrected chi connectivity index (χ2v) is 19.9. The zero-order valence-electron chi connectivity index (χ0n) is 36.1. The number of anilines is 2. The fraction of sp³-hybridized carbons (Fsp3) is 0.447. The number of benzene rings is 2. The highest BCUT2D eigenvalue weighted by molar-refractivity contribution is 7.90. The van der Waals surface area contributed by atoms with Gasteiger partial charge in [-0.3, -0.25) is 19.8 Å². The lowest BCUT2D eigenvalue weighted by Gasteiger charge is -2.56. The molecule has 2 aromatic carbocycles. The van der Waals surface area contributed by atoms with Gasteiger partial charge in [0.2, 0.25) is 5.82 Å². The van der Waals surface area contributed by atoms with Gasteiger partial charge in [-0.2, -0.15) is 5.26 Å². The van der Waals surface area contributed by atoms with Gasteiger partial charge in [0.1, 0.15) is 22.0 Å². The predicted molar refractivity (Wildman–Crippen MR) is 241 cm³/mol. The van der Waals surface area contributed by atoms with Crippen LogP contribution >= 0.6 is 0 Å². The van der Waals surface area contributed by atoms with E-state index in [-0.39, 0.29) is 23.7 Å². The molecule has 1 atom stereocenters. The molecule has 5 aromatic rings. The first-order valence-electron chi connectivity index (χ1n) is 22.1. The summed E-state index contributed by atoms with van der Waals surface area (Å²) in [6, 6.07) is 21.8. The summed E-state index contributed by atoms with van der Waals surface area (Å²) in [5.74, 6) is -0.235. The first-order valence-corrected chi connectivity index (χ1v) is 23.6. The van der Waals surface area contributed by atoms with Crippen molar-refractivity contribution in [3.05, 3.63) is 106 Å². The third-order valence-electron chi connectivity index (χ3n) is 13.9. The summed E-state index contributed by atoms with van der Waals surface area (Å²) in [4.78, 5) is 41.3. The topological polar surface area (TPSA) is 209 Å². The average Bonchev–Trinajstić information content (AvgIpc) is 3.98. The van der Waals surface area contributed by atoms with Crippen molar-refractivity contribution in [2.24, 2.45) is 10.8 Å². The third kappa shape index (κ3) is 8.61. The number of carbonyl (C=O) groups excluding carboxylic acids is 1. The Kier molecular flexibility index (Phi) is 11.8. The number of sulfonamides is 1. The number of aromatic nitrogens is 3. The molecule has 0 radical (unpaired) electrons. The Morgan fingerprint density at radius 2 is 1.83 bits per heavy atom. The number of rotatable bonds is 13. The number of hydrogen-bond acceptors (Lipinski definition) is 13. The van der Waals surface area contributed by atoms with Crippen molar-refractivity contribution in [2.75, 3.05) is 49.6 Å². The van der Waals surface area contributed by atoms with E-state index in [0.717, 1.165) is 55.8 Å². The quantitative estimate of drug-likeness (QED) is 0.0753. The van der Waals surface area contributed by atoms with Crippen LogP contribution in [0.15, 0.2) is 84.1 Å². The van der Waals surface area contributed by atoms with E-state index >= 15 is 0 Å². The van der Waals surface area contributed by atoms with E-state index in [1.807, 2.05) is 6.07 Å². The molecule has 1 aliphatic carbocycles. The number of piperidine rings is 1. The largest absolute Gasteiger partial charge is 0.455 e. The Bertz CT molecular complexity index is 2710. The highest BCUT2D eigenvalue weighted by atomic mass is 32.2. The number of fused-ring (bicyclic) bond motifs is 1. The van der Waals surface area contributed by atoms with Crippen LogP contribution in [0.3, 0.4) is 0 Å². The van der Waals surface area contributed by atoms with Crippen LogP contribution in [0.25, 0.3) is 11.0 Å². The summed E-state index contributed by atoms with van der Waals surface area (Å²) < 4.78 is 41.2. The van der Waals surface area contributed by atoms with Gasteiger partial charge >= 0.3 is 5.69 Å². The van der Waals surface area contributed by atoms with Crippen LogP contribution in [-0.2, 0) is 14.8 Å². The molecule has 1 amide bonds. The number of nitrogens with zero attached hydrogens (tertiary/aromatic N) is 6. The van der Waals surface area contributed by atoms with Crippen molar-refractivity contribution in [2.45, 2.75) is 88.1 Å². The molecule has 6 heterocycles. The maximum absolute atomic E-state index is 14.0. The Balaban J connectivity index is 0.907. The first kappa shape index (κ1) is 43.2. The molecule has 3 N–H and O–H groups in total. The third-order valence-corrected chi connectivity index (χ3v) is 15.2. The maximum Gasteiger partial charge on any atom is 0.312 e. The highest BCUT2D eigenvalue weighted by Crippen LogP contribution is 2.54.